The van der Waals surface area contributed by atoms with E-state index in [-0.39, 0.29) is 5.91 Å². The van der Waals surface area contributed by atoms with Crippen LogP contribution < -0.4 is 5.32 Å². The highest BCUT2D eigenvalue weighted by Gasteiger charge is 2.26. The zero-order valence-electron chi connectivity index (χ0n) is 14.7. The molecule has 2 rings (SSSR count). The van der Waals surface area contributed by atoms with Crippen LogP contribution in [-0.4, -0.2) is 27.3 Å². The number of aromatic nitrogens is 2. The second-order valence-electron chi connectivity index (χ2n) is 6.11. The summed E-state index contributed by atoms with van der Waals surface area (Å²) >= 11 is 1.44. The van der Waals surface area contributed by atoms with Gasteiger partial charge in [-0.25, -0.2) is 9.98 Å². The number of carbonyl (C=O) groups excluding carboxylic acids is 1. The molecule has 1 aliphatic rings. The Morgan fingerprint density at radius 2 is 2.25 bits per heavy atom. The van der Waals surface area contributed by atoms with E-state index in [1.807, 2.05) is 6.26 Å². The van der Waals surface area contributed by atoms with E-state index in [4.69, 9.17) is 4.99 Å². The number of thioether (sulfide) groups is 1. The Kier molecular flexibility index (Phi) is 7.43. The fourth-order valence-electron chi connectivity index (χ4n) is 2.91. The van der Waals surface area contributed by atoms with Gasteiger partial charge in [0, 0.05) is 24.0 Å². The Balaban J connectivity index is 2.04. The van der Waals surface area contributed by atoms with Crippen LogP contribution in [0, 0.1) is 11.8 Å². The van der Waals surface area contributed by atoms with Gasteiger partial charge >= 0.3 is 0 Å². The lowest BCUT2D eigenvalue weighted by atomic mass is 9.90. The number of nitrogens with one attached hydrogen (secondary N) is 1. The lowest BCUT2D eigenvalue weighted by Gasteiger charge is -2.18. The van der Waals surface area contributed by atoms with Crippen molar-refractivity contribution in [1.29, 1.82) is 0 Å². The predicted molar refractivity (Wildman–Crippen MR) is 99.9 cm³/mol. The zero-order valence-corrected chi connectivity index (χ0v) is 15.5. The van der Waals surface area contributed by atoms with E-state index in [2.05, 4.69) is 35.2 Å². The molecule has 1 heterocycles. The van der Waals surface area contributed by atoms with Crippen molar-refractivity contribution in [2.45, 2.75) is 46.0 Å². The van der Waals surface area contributed by atoms with E-state index in [1.165, 1.54) is 49.8 Å². The first-order valence-electron chi connectivity index (χ1n) is 8.55. The maximum atomic E-state index is 12.2. The molecule has 1 amide bonds. The van der Waals surface area contributed by atoms with Gasteiger partial charge in [0.1, 0.15) is 5.69 Å². The maximum absolute atomic E-state index is 12.2. The van der Waals surface area contributed by atoms with Gasteiger partial charge in [-0.1, -0.05) is 50.9 Å². The molecule has 0 fully saturated rings. The van der Waals surface area contributed by atoms with Crippen molar-refractivity contribution in [3.63, 3.8) is 0 Å². The number of hydrogen-bond acceptors (Lipinski definition) is 5. The van der Waals surface area contributed by atoms with Gasteiger partial charge < -0.3 is 0 Å². The summed E-state index contributed by atoms with van der Waals surface area (Å²) in [5.74, 6) is 0.844. The molecule has 2 atom stereocenters. The summed E-state index contributed by atoms with van der Waals surface area (Å²) in [5, 5.41) is 3.46. The molecular weight excluding hydrogens is 320 g/mol. The summed E-state index contributed by atoms with van der Waals surface area (Å²) in [4.78, 5) is 24.9. The van der Waals surface area contributed by atoms with Gasteiger partial charge in [0.25, 0.3) is 5.91 Å². The molecule has 0 radical (unpaired) electrons. The van der Waals surface area contributed by atoms with Crippen LogP contribution in [-0.2, 0) is 0 Å². The van der Waals surface area contributed by atoms with Gasteiger partial charge in [-0.05, 0) is 25.0 Å². The van der Waals surface area contributed by atoms with Gasteiger partial charge in [0.2, 0.25) is 0 Å². The molecule has 0 bridgehead atoms. The Morgan fingerprint density at radius 1 is 1.42 bits per heavy atom. The third-order valence-electron chi connectivity index (χ3n) is 4.32. The first-order valence-corrected chi connectivity index (χ1v) is 9.78. The topological polar surface area (TPSA) is 67.2 Å². The van der Waals surface area contributed by atoms with Crippen molar-refractivity contribution in [3.05, 3.63) is 36.1 Å². The van der Waals surface area contributed by atoms with Gasteiger partial charge in [-0.2, -0.15) is 0 Å². The summed E-state index contributed by atoms with van der Waals surface area (Å²) in [6, 6.07) is 0. The van der Waals surface area contributed by atoms with Crippen molar-refractivity contribution < 1.29 is 4.79 Å². The standard InChI is InChI=1S/C18H26N4OS/c1-4-5-6-7-14-13(2)8-9-15(14)21-18(24-3)22-17(23)16-12-19-10-11-20-16/h9-14H,4-8H2,1-3H3,(H,21,22,23). The fraction of sp³-hybridized carbons (Fsp3) is 0.556. The summed E-state index contributed by atoms with van der Waals surface area (Å²) in [6.07, 6.45) is 14.6. The second-order valence-corrected chi connectivity index (χ2v) is 6.91. The van der Waals surface area contributed by atoms with Crippen LogP contribution >= 0.6 is 11.8 Å². The third kappa shape index (κ3) is 5.16. The maximum Gasteiger partial charge on any atom is 0.277 e. The molecule has 0 aromatic carbocycles. The minimum Gasteiger partial charge on any atom is -0.300 e. The monoisotopic (exact) mass is 346 g/mol. The Morgan fingerprint density at radius 3 is 2.92 bits per heavy atom. The quantitative estimate of drug-likeness (QED) is 0.479. The van der Waals surface area contributed by atoms with Crippen LogP contribution in [0.5, 0.6) is 0 Å². The minimum absolute atomic E-state index is 0.273. The number of allylic oxidation sites excluding steroid dienone is 2. The Bertz CT molecular complexity index is 600. The highest BCUT2D eigenvalue weighted by Crippen LogP contribution is 2.36. The summed E-state index contributed by atoms with van der Waals surface area (Å²) < 4.78 is 0. The van der Waals surface area contributed by atoms with Crippen LogP contribution in [0.15, 0.2) is 35.4 Å². The molecule has 5 nitrogen and oxygen atoms in total. The SMILES string of the molecule is CCCCCC1C(N=C(NC(=O)c2cnccn2)SC)=CCC1C. The molecule has 2 unspecified atom stereocenters. The van der Waals surface area contributed by atoms with Crippen molar-refractivity contribution in [1.82, 2.24) is 15.3 Å². The van der Waals surface area contributed by atoms with Crippen molar-refractivity contribution >= 4 is 22.8 Å². The molecule has 6 heteroatoms. The Hall–Kier alpha value is -1.69. The number of amidine groups is 1. The van der Waals surface area contributed by atoms with E-state index >= 15 is 0 Å². The highest BCUT2D eigenvalue weighted by molar-refractivity contribution is 8.13. The lowest BCUT2D eigenvalue weighted by molar-refractivity contribution is 0.0972. The molecule has 1 aromatic heterocycles. The van der Waals surface area contributed by atoms with Gasteiger partial charge in [-0.3, -0.25) is 15.1 Å². The van der Waals surface area contributed by atoms with Gasteiger partial charge in [0.05, 0.1) is 6.20 Å². The summed E-state index contributed by atoms with van der Waals surface area (Å²) in [6.45, 7) is 4.51. The number of carbonyl (C=O) groups is 1. The molecule has 0 saturated heterocycles. The highest BCUT2D eigenvalue weighted by atomic mass is 32.2. The van der Waals surface area contributed by atoms with Crippen molar-refractivity contribution in [2.75, 3.05) is 6.26 Å². The number of unbranched alkanes of at least 4 members (excludes halogenated alkanes) is 2. The first-order chi connectivity index (χ1) is 11.7. The fourth-order valence-corrected chi connectivity index (χ4v) is 3.30. The molecule has 130 valence electrons. The van der Waals surface area contributed by atoms with Crippen LogP contribution in [0.4, 0.5) is 0 Å². The second kappa shape index (κ2) is 9.57. The zero-order chi connectivity index (χ0) is 17.4. The number of nitrogens with zero attached hydrogens (tertiary/aromatic N) is 3. The van der Waals surface area contributed by atoms with E-state index in [1.54, 1.807) is 6.20 Å². The van der Waals surface area contributed by atoms with Crippen LogP contribution in [0.3, 0.4) is 0 Å². The van der Waals surface area contributed by atoms with Gasteiger partial charge in [0.15, 0.2) is 5.17 Å². The molecular formula is C18H26N4OS. The van der Waals surface area contributed by atoms with Gasteiger partial charge in [-0.15, -0.1) is 0 Å². The summed E-state index contributed by atoms with van der Waals surface area (Å²) in [5.41, 5.74) is 1.41. The van der Waals surface area contributed by atoms with Crippen LogP contribution in [0.1, 0.15) is 56.4 Å². The number of aliphatic imine (C=N–C) groups is 1. The third-order valence-corrected chi connectivity index (χ3v) is 4.90. The Labute approximate surface area is 148 Å². The van der Waals surface area contributed by atoms with E-state index in [0.29, 0.717) is 22.7 Å². The smallest absolute Gasteiger partial charge is 0.277 e. The summed E-state index contributed by atoms with van der Waals surface area (Å²) in [7, 11) is 0. The molecule has 0 aliphatic heterocycles. The number of rotatable bonds is 6. The van der Waals surface area contributed by atoms with E-state index in [9.17, 15) is 4.79 Å². The average molecular weight is 347 g/mol. The molecule has 0 spiro atoms. The van der Waals surface area contributed by atoms with E-state index in [0.717, 1.165) is 12.1 Å². The number of amides is 1. The van der Waals surface area contributed by atoms with Crippen LogP contribution in [0.2, 0.25) is 0 Å². The average Bonchev–Trinajstić information content (AvgIpc) is 2.95. The van der Waals surface area contributed by atoms with Crippen molar-refractivity contribution in [2.24, 2.45) is 16.8 Å². The normalized spacial score (nSPS) is 20.8. The van der Waals surface area contributed by atoms with E-state index < -0.39 is 0 Å². The van der Waals surface area contributed by atoms with Crippen LogP contribution in [0.25, 0.3) is 0 Å². The lowest BCUT2D eigenvalue weighted by Crippen LogP contribution is -2.29. The largest absolute Gasteiger partial charge is 0.300 e. The molecule has 24 heavy (non-hydrogen) atoms. The molecule has 0 saturated carbocycles. The molecule has 1 aromatic rings. The van der Waals surface area contributed by atoms with Crippen molar-refractivity contribution in [3.8, 4) is 0 Å². The predicted octanol–water partition coefficient (Wildman–Crippen LogP) is 4.05. The molecule has 1 aliphatic carbocycles. The first kappa shape index (κ1) is 18.6. The minimum atomic E-state index is -0.273. The number of hydrogen-bond donors (Lipinski definition) is 1. The molecule has 1 N–H and O–H groups in total.